The number of amides is 2. The van der Waals surface area contributed by atoms with E-state index in [0.29, 0.717) is 13.1 Å². The molecule has 0 radical (unpaired) electrons. The summed E-state index contributed by atoms with van der Waals surface area (Å²) in [7, 11) is 6.06. The van der Waals surface area contributed by atoms with Gasteiger partial charge in [0, 0.05) is 13.1 Å². The molecule has 0 spiro atoms. The lowest BCUT2D eigenvalue weighted by Gasteiger charge is -2.48. The van der Waals surface area contributed by atoms with Crippen molar-refractivity contribution in [3.8, 4) is 5.75 Å². The molecule has 2 atom stereocenters. The fourth-order valence-corrected chi connectivity index (χ4v) is 5.90. The number of fused-ring (bicyclic) bond motifs is 3. The average Bonchev–Trinajstić information content (AvgIpc) is 2.72. The van der Waals surface area contributed by atoms with Crippen LogP contribution < -0.4 is 4.74 Å². The summed E-state index contributed by atoms with van der Waals surface area (Å²) in [6, 6.07) is 7.53. The van der Waals surface area contributed by atoms with Gasteiger partial charge in [-0.1, -0.05) is 52.5 Å². The van der Waals surface area contributed by atoms with Crippen LogP contribution in [-0.2, 0) is 20.9 Å². The molecule has 1 aromatic carbocycles. The Bertz CT molecular complexity index is 807. The predicted molar refractivity (Wildman–Crippen MR) is 112 cm³/mol. The molecule has 0 unspecified atom stereocenters. The second-order valence-electron chi connectivity index (χ2n) is 6.19. The van der Waals surface area contributed by atoms with Crippen LogP contribution in [0.1, 0.15) is 5.56 Å². The minimum Gasteiger partial charge on any atom is -0.504 e. The summed E-state index contributed by atoms with van der Waals surface area (Å²) in [6.07, 6.45) is 6.79. The van der Waals surface area contributed by atoms with Gasteiger partial charge in [-0.05, 0) is 29.3 Å². The van der Waals surface area contributed by atoms with Gasteiger partial charge in [-0.3, -0.25) is 9.59 Å². The lowest BCUT2D eigenvalue weighted by Crippen LogP contribution is -2.65. The first-order chi connectivity index (χ1) is 13.6. The second-order valence-corrected chi connectivity index (χ2v) is 8.62. The smallest absolute Gasteiger partial charge is 0.258 e. The Hall–Kier alpha value is -2.32. The molecule has 3 aliphatic heterocycles. The number of hydrogen-bond acceptors (Lipinski definition) is 6. The maximum absolute atomic E-state index is 13.0. The Labute approximate surface area is 172 Å². The van der Waals surface area contributed by atoms with E-state index in [1.165, 1.54) is 21.6 Å². The number of carbonyl (C=O) groups excluding carboxylic acids is 2. The standard InChI is InChI=1S/C20H22N2O4S2/c1-4-14(6-5-11-25-2)12-21-17(23)20-22(18(24)19(21)27-28-20)13-15-7-9-16(26-3)10-8-15/h4-11,19-20H,1,12-13H2,2-3H3/b11-5+,14-6+/t19-,20-/m0/s1. The minimum atomic E-state index is -0.532. The molecule has 4 rings (SSSR count). The van der Waals surface area contributed by atoms with E-state index in [2.05, 4.69) is 6.58 Å². The molecule has 148 valence electrons. The third-order valence-electron chi connectivity index (χ3n) is 4.44. The van der Waals surface area contributed by atoms with E-state index >= 15 is 0 Å². The Morgan fingerprint density at radius 3 is 2.36 bits per heavy atom. The van der Waals surface area contributed by atoms with Crippen LogP contribution in [0.2, 0.25) is 0 Å². The van der Waals surface area contributed by atoms with Crippen molar-refractivity contribution in [3.05, 3.63) is 66.5 Å². The quantitative estimate of drug-likeness (QED) is 0.367. The number of ether oxygens (including phenoxy) is 2. The van der Waals surface area contributed by atoms with Crippen molar-refractivity contribution >= 4 is 33.4 Å². The molecular formula is C20H22N2O4S2. The minimum absolute atomic E-state index is 0.0417. The van der Waals surface area contributed by atoms with Crippen LogP contribution in [0.3, 0.4) is 0 Å². The molecule has 6 nitrogen and oxygen atoms in total. The molecular weight excluding hydrogens is 396 g/mol. The summed E-state index contributed by atoms with van der Waals surface area (Å²) < 4.78 is 10.1. The van der Waals surface area contributed by atoms with Crippen LogP contribution in [0.5, 0.6) is 5.75 Å². The van der Waals surface area contributed by atoms with Crippen molar-refractivity contribution in [2.24, 2.45) is 0 Å². The molecule has 3 fully saturated rings. The fraction of sp³-hybridized carbons (Fsp3) is 0.300. The van der Waals surface area contributed by atoms with Crippen molar-refractivity contribution in [2.45, 2.75) is 17.3 Å². The topological polar surface area (TPSA) is 59.1 Å². The molecule has 0 saturated carbocycles. The van der Waals surface area contributed by atoms with E-state index in [4.69, 9.17) is 9.47 Å². The summed E-state index contributed by atoms with van der Waals surface area (Å²) in [6.45, 7) is 4.54. The van der Waals surface area contributed by atoms with Crippen molar-refractivity contribution in [2.75, 3.05) is 20.8 Å². The molecule has 0 N–H and O–H groups in total. The van der Waals surface area contributed by atoms with Gasteiger partial charge in [-0.25, -0.2) is 0 Å². The SMILES string of the molecule is C=C/C(=C\C=C\OC)CN1C(=O)[C@@H]2SS[C@H]1C(=O)N2Cc1ccc(OC)cc1. The van der Waals surface area contributed by atoms with Gasteiger partial charge < -0.3 is 19.3 Å². The monoisotopic (exact) mass is 418 g/mol. The Morgan fingerprint density at radius 2 is 1.75 bits per heavy atom. The highest BCUT2D eigenvalue weighted by Gasteiger charge is 2.51. The molecule has 3 heterocycles. The van der Waals surface area contributed by atoms with Gasteiger partial charge in [-0.2, -0.15) is 0 Å². The zero-order valence-electron chi connectivity index (χ0n) is 15.7. The fourth-order valence-electron chi connectivity index (χ4n) is 2.95. The van der Waals surface area contributed by atoms with E-state index in [1.807, 2.05) is 30.3 Å². The maximum Gasteiger partial charge on any atom is 0.258 e. The number of benzene rings is 1. The number of carbonyl (C=O) groups is 2. The molecule has 8 heteroatoms. The van der Waals surface area contributed by atoms with Crippen molar-refractivity contribution in [1.29, 1.82) is 0 Å². The molecule has 2 amide bonds. The third-order valence-corrected chi connectivity index (χ3v) is 7.26. The molecule has 3 aliphatic rings. The van der Waals surface area contributed by atoms with E-state index in [1.54, 1.807) is 42.4 Å². The maximum atomic E-state index is 13.0. The van der Waals surface area contributed by atoms with E-state index < -0.39 is 10.7 Å². The molecule has 28 heavy (non-hydrogen) atoms. The largest absolute Gasteiger partial charge is 0.504 e. The molecule has 3 saturated heterocycles. The third kappa shape index (κ3) is 4.23. The van der Waals surface area contributed by atoms with Gasteiger partial charge in [0.25, 0.3) is 11.8 Å². The van der Waals surface area contributed by atoms with Gasteiger partial charge >= 0.3 is 0 Å². The average molecular weight is 419 g/mol. The summed E-state index contributed by atoms with van der Waals surface area (Å²) in [5.74, 6) is 0.666. The first-order valence-corrected chi connectivity index (χ1v) is 10.9. The number of methoxy groups -OCH3 is 2. The number of rotatable bonds is 8. The lowest BCUT2D eigenvalue weighted by molar-refractivity contribution is -0.153. The summed E-state index contributed by atoms with van der Waals surface area (Å²) in [5, 5.41) is -1.05. The van der Waals surface area contributed by atoms with E-state index in [0.717, 1.165) is 16.9 Å². The van der Waals surface area contributed by atoms with E-state index in [-0.39, 0.29) is 11.8 Å². The van der Waals surface area contributed by atoms with Gasteiger partial charge in [-0.15, -0.1) is 0 Å². The molecule has 0 aliphatic carbocycles. The van der Waals surface area contributed by atoms with E-state index in [9.17, 15) is 9.59 Å². The zero-order valence-corrected chi connectivity index (χ0v) is 17.4. The first-order valence-electron chi connectivity index (χ1n) is 8.66. The molecule has 2 bridgehead atoms. The van der Waals surface area contributed by atoms with Gasteiger partial charge in [0.1, 0.15) is 5.75 Å². The van der Waals surface area contributed by atoms with Gasteiger partial charge in [0.2, 0.25) is 0 Å². The van der Waals surface area contributed by atoms with Crippen molar-refractivity contribution < 1.29 is 19.1 Å². The van der Waals surface area contributed by atoms with Crippen LogP contribution in [0.15, 0.2) is 60.9 Å². The van der Waals surface area contributed by atoms with Crippen LogP contribution in [0.4, 0.5) is 0 Å². The molecule has 1 aromatic rings. The first kappa shape index (κ1) is 20.4. The summed E-state index contributed by atoms with van der Waals surface area (Å²) >= 11 is 0. The number of hydrogen-bond donors (Lipinski definition) is 0. The number of allylic oxidation sites excluding steroid dienone is 2. The van der Waals surface area contributed by atoms with Crippen LogP contribution in [0.25, 0.3) is 0 Å². The summed E-state index contributed by atoms with van der Waals surface area (Å²) in [4.78, 5) is 29.3. The van der Waals surface area contributed by atoms with Gasteiger partial charge in [0.05, 0.1) is 20.5 Å². The zero-order chi connectivity index (χ0) is 20.1. The van der Waals surface area contributed by atoms with Gasteiger partial charge in [0.15, 0.2) is 10.7 Å². The predicted octanol–water partition coefficient (Wildman–Crippen LogP) is 3.19. The highest BCUT2D eigenvalue weighted by atomic mass is 33.1. The Morgan fingerprint density at radius 1 is 1.11 bits per heavy atom. The lowest BCUT2D eigenvalue weighted by atomic mass is 10.1. The molecule has 0 aromatic heterocycles. The summed E-state index contributed by atoms with van der Waals surface area (Å²) in [5.41, 5.74) is 1.80. The van der Waals surface area contributed by atoms with Crippen molar-refractivity contribution in [1.82, 2.24) is 9.80 Å². The van der Waals surface area contributed by atoms with Crippen LogP contribution in [0, 0.1) is 0 Å². The Balaban J connectivity index is 1.74. The number of nitrogens with zero attached hydrogens (tertiary/aromatic N) is 2. The van der Waals surface area contributed by atoms with Crippen LogP contribution >= 0.6 is 21.6 Å². The second kappa shape index (κ2) is 9.25. The van der Waals surface area contributed by atoms with Crippen LogP contribution in [-0.4, -0.2) is 53.1 Å². The highest BCUT2D eigenvalue weighted by Crippen LogP contribution is 2.47. The normalized spacial score (nSPS) is 22.1. The Kier molecular flexibility index (Phi) is 6.74. The number of piperazine rings is 1. The highest BCUT2D eigenvalue weighted by molar-refractivity contribution is 8.77. The van der Waals surface area contributed by atoms with Crippen molar-refractivity contribution in [3.63, 3.8) is 0 Å².